The lowest BCUT2D eigenvalue weighted by atomic mass is 10.2. The maximum atomic E-state index is 13.5. The summed E-state index contributed by atoms with van der Waals surface area (Å²) in [4.78, 5) is 12.4. The summed E-state index contributed by atoms with van der Waals surface area (Å²) in [6.07, 6.45) is 5.17. The Kier molecular flexibility index (Phi) is 9.03. The first-order chi connectivity index (χ1) is 16.3. The van der Waals surface area contributed by atoms with Crippen molar-refractivity contribution < 1.29 is 22.6 Å². The average molecular weight is 511 g/mol. The van der Waals surface area contributed by atoms with Crippen LogP contribution in [0.2, 0.25) is 5.02 Å². The smallest absolute Gasteiger partial charge is 0.165 e. The highest BCUT2D eigenvalue weighted by Crippen LogP contribution is 2.28. The third kappa shape index (κ3) is 5.94. The van der Waals surface area contributed by atoms with Crippen LogP contribution in [0, 0.1) is 0 Å². The summed E-state index contributed by atoms with van der Waals surface area (Å²) >= 11 is 5.86. The highest BCUT2D eigenvalue weighted by molar-refractivity contribution is 7.91. The Bertz CT molecular complexity index is 1150. The van der Waals surface area contributed by atoms with Gasteiger partial charge in [-0.05, 0) is 19.1 Å². The van der Waals surface area contributed by atoms with E-state index in [-0.39, 0.29) is 30.9 Å². The Morgan fingerprint density at radius 2 is 1.74 bits per heavy atom. The minimum Gasteiger partial charge on any atom is -0.382 e. The van der Waals surface area contributed by atoms with Gasteiger partial charge in [-0.1, -0.05) is 11.6 Å². The number of methoxy groups -OCH3 is 3. The largest absolute Gasteiger partial charge is 0.382 e. The SMILES string of the molecule is COCC(COC)n1c(CS(=O)(=O)[C@@H](C)[C@H](OC)c2ncc(Cl)cn2)nnc1-c1cccnc1. The molecular formula is C21H27ClN6O5S. The van der Waals surface area contributed by atoms with Gasteiger partial charge >= 0.3 is 0 Å². The number of sulfone groups is 1. The van der Waals surface area contributed by atoms with E-state index in [1.807, 2.05) is 6.07 Å². The molecule has 0 aliphatic heterocycles. The third-order valence-corrected chi connectivity index (χ3v) is 7.48. The highest BCUT2D eigenvalue weighted by Gasteiger charge is 2.35. The zero-order valence-corrected chi connectivity index (χ0v) is 20.9. The lowest BCUT2D eigenvalue weighted by Gasteiger charge is -2.23. The molecule has 0 bridgehead atoms. The molecule has 2 atom stereocenters. The Labute approximate surface area is 203 Å². The van der Waals surface area contributed by atoms with E-state index in [4.69, 9.17) is 25.8 Å². The van der Waals surface area contributed by atoms with Gasteiger partial charge in [-0.3, -0.25) is 4.98 Å². The predicted molar refractivity (Wildman–Crippen MR) is 125 cm³/mol. The maximum absolute atomic E-state index is 13.5. The molecule has 0 unspecified atom stereocenters. The van der Waals surface area contributed by atoms with Crippen LogP contribution in [0.25, 0.3) is 11.4 Å². The van der Waals surface area contributed by atoms with E-state index in [0.717, 1.165) is 0 Å². The summed E-state index contributed by atoms with van der Waals surface area (Å²) in [6.45, 7) is 2.08. The molecule has 0 saturated carbocycles. The zero-order chi connectivity index (χ0) is 24.7. The van der Waals surface area contributed by atoms with Crippen LogP contribution in [0.15, 0.2) is 36.9 Å². The molecule has 0 aliphatic rings. The molecule has 3 aromatic rings. The minimum absolute atomic E-state index is 0.220. The summed E-state index contributed by atoms with van der Waals surface area (Å²) in [5.41, 5.74) is 0.688. The maximum Gasteiger partial charge on any atom is 0.165 e. The van der Waals surface area contributed by atoms with Crippen LogP contribution < -0.4 is 0 Å². The number of aromatic nitrogens is 6. The van der Waals surface area contributed by atoms with Gasteiger partial charge in [0.15, 0.2) is 21.5 Å². The van der Waals surface area contributed by atoms with E-state index in [9.17, 15) is 8.42 Å². The normalized spacial score (nSPS) is 13.8. The van der Waals surface area contributed by atoms with E-state index in [2.05, 4.69) is 25.1 Å². The van der Waals surface area contributed by atoms with E-state index in [0.29, 0.717) is 16.4 Å². The molecule has 13 heteroatoms. The Morgan fingerprint density at radius 1 is 1.06 bits per heavy atom. The third-order valence-electron chi connectivity index (χ3n) is 5.24. The number of hydrogen-bond donors (Lipinski definition) is 0. The number of ether oxygens (including phenoxy) is 3. The molecule has 0 N–H and O–H groups in total. The lowest BCUT2D eigenvalue weighted by molar-refractivity contribution is 0.0887. The van der Waals surface area contributed by atoms with E-state index >= 15 is 0 Å². The van der Waals surface area contributed by atoms with Gasteiger partial charge in [0, 0.05) is 51.7 Å². The van der Waals surface area contributed by atoms with Gasteiger partial charge in [0.05, 0.1) is 29.5 Å². The first-order valence-corrected chi connectivity index (χ1v) is 12.5. The van der Waals surface area contributed by atoms with Crippen LogP contribution in [0.3, 0.4) is 0 Å². The molecule has 11 nitrogen and oxygen atoms in total. The van der Waals surface area contributed by atoms with Crippen LogP contribution in [0.1, 0.15) is 30.7 Å². The van der Waals surface area contributed by atoms with Crippen LogP contribution in [-0.2, 0) is 29.8 Å². The van der Waals surface area contributed by atoms with Crippen molar-refractivity contribution in [3.8, 4) is 11.4 Å². The zero-order valence-electron chi connectivity index (χ0n) is 19.3. The molecule has 0 aromatic carbocycles. The summed E-state index contributed by atoms with van der Waals surface area (Å²) in [6, 6.07) is 3.23. The molecule has 3 rings (SSSR count). The van der Waals surface area contributed by atoms with E-state index in [1.165, 1.54) is 19.5 Å². The van der Waals surface area contributed by atoms with Crippen molar-refractivity contribution in [1.29, 1.82) is 0 Å². The second-order valence-corrected chi connectivity index (χ2v) is 10.3. The Balaban J connectivity index is 1.99. The van der Waals surface area contributed by atoms with Gasteiger partial charge in [-0.25, -0.2) is 18.4 Å². The van der Waals surface area contributed by atoms with Crippen molar-refractivity contribution in [2.75, 3.05) is 34.5 Å². The molecule has 0 spiro atoms. The molecule has 3 aromatic heterocycles. The van der Waals surface area contributed by atoms with Gasteiger partial charge in [-0.2, -0.15) is 0 Å². The molecule has 3 heterocycles. The summed E-state index contributed by atoms with van der Waals surface area (Å²) in [5.74, 6) is 0.543. The number of nitrogens with zero attached hydrogens (tertiary/aromatic N) is 6. The van der Waals surface area contributed by atoms with Gasteiger partial charge in [0.2, 0.25) is 0 Å². The van der Waals surface area contributed by atoms with E-state index < -0.39 is 26.9 Å². The van der Waals surface area contributed by atoms with Crippen LogP contribution in [0.4, 0.5) is 0 Å². The van der Waals surface area contributed by atoms with Gasteiger partial charge in [0.25, 0.3) is 0 Å². The molecule has 0 fully saturated rings. The van der Waals surface area contributed by atoms with Crippen molar-refractivity contribution in [2.24, 2.45) is 0 Å². The molecule has 34 heavy (non-hydrogen) atoms. The fraction of sp³-hybridized carbons (Fsp3) is 0.476. The lowest BCUT2D eigenvalue weighted by Crippen LogP contribution is -2.31. The number of pyridine rings is 1. The van der Waals surface area contributed by atoms with Crippen molar-refractivity contribution in [2.45, 2.75) is 30.1 Å². The fourth-order valence-electron chi connectivity index (χ4n) is 3.56. The molecule has 0 radical (unpaired) electrons. The fourth-order valence-corrected chi connectivity index (χ4v) is 5.08. The van der Waals surface area contributed by atoms with Crippen molar-refractivity contribution >= 4 is 21.4 Å². The van der Waals surface area contributed by atoms with E-state index in [1.54, 1.807) is 44.2 Å². The molecule has 184 valence electrons. The monoisotopic (exact) mass is 510 g/mol. The second kappa shape index (κ2) is 11.8. The molecule has 0 amide bonds. The van der Waals surface area contributed by atoms with Crippen molar-refractivity contribution in [1.82, 2.24) is 29.7 Å². The summed E-state index contributed by atoms with van der Waals surface area (Å²) in [7, 11) is 0.731. The van der Waals surface area contributed by atoms with Crippen LogP contribution in [-0.4, -0.2) is 77.9 Å². The Hall–Kier alpha value is -2.51. The first-order valence-electron chi connectivity index (χ1n) is 10.4. The second-order valence-electron chi connectivity index (χ2n) is 7.54. The minimum atomic E-state index is -3.80. The Morgan fingerprint density at radius 3 is 2.29 bits per heavy atom. The van der Waals surface area contributed by atoms with Crippen LogP contribution in [0.5, 0.6) is 0 Å². The first kappa shape index (κ1) is 26.1. The number of halogens is 1. The number of rotatable bonds is 12. The van der Waals surface area contributed by atoms with Crippen molar-refractivity contribution in [3.63, 3.8) is 0 Å². The van der Waals surface area contributed by atoms with Gasteiger partial charge < -0.3 is 18.8 Å². The average Bonchev–Trinajstić information content (AvgIpc) is 3.23. The molecular weight excluding hydrogens is 484 g/mol. The topological polar surface area (TPSA) is 131 Å². The summed E-state index contributed by atoms with van der Waals surface area (Å²) < 4.78 is 44.8. The van der Waals surface area contributed by atoms with Gasteiger partial charge in [0.1, 0.15) is 17.7 Å². The quantitative estimate of drug-likeness (QED) is 0.357. The molecule has 0 aliphatic carbocycles. The highest BCUT2D eigenvalue weighted by atomic mass is 35.5. The number of hydrogen-bond acceptors (Lipinski definition) is 10. The van der Waals surface area contributed by atoms with Crippen molar-refractivity contribution in [3.05, 3.63) is 53.6 Å². The van der Waals surface area contributed by atoms with Crippen LogP contribution >= 0.6 is 11.6 Å². The van der Waals surface area contributed by atoms with Gasteiger partial charge in [-0.15, -0.1) is 10.2 Å². The predicted octanol–water partition coefficient (Wildman–Crippen LogP) is 2.31. The molecule has 0 saturated heterocycles. The summed E-state index contributed by atoms with van der Waals surface area (Å²) in [5, 5.41) is 7.86. The standard InChI is InChI=1S/C21H27ClN6O5S/c1-14(19(33-4)20-24-9-16(22)10-25-20)34(29,30)13-18-26-27-21(15-6-5-7-23-8-15)28(18)17(11-31-2)12-32-3/h5-10,14,17,19H,11-13H2,1-4H3/t14-,19-/m0/s1.